The van der Waals surface area contributed by atoms with E-state index in [-0.39, 0.29) is 41.7 Å². The number of carbonyl (C=O) groups is 1. The molecule has 0 fully saturated rings. The molecule has 2 N–H and O–H groups in total. The molecule has 9 heteroatoms. The lowest BCUT2D eigenvalue weighted by Crippen LogP contribution is -2.35. The van der Waals surface area contributed by atoms with Gasteiger partial charge in [0, 0.05) is 17.3 Å². The zero-order valence-electron chi connectivity index (χ0n) is 18.5. The predicted molar refractivity (Wildman–Crippen MR) is 119 cm³/mol. The van der Waals surface area contributed by atoms with Crippen LogP contribution in [0.4, 0.5) is 4.39 Å². The summed E-state index contributed by atoms with van der Waals surface area (Å²) >= 11 is 0. The molecule has 0 spiro atoms. The van der Waals surface area contributed by atoms with Crippen LogP contribution in [0, 0.1) is 12.7 Å². The Labute approximate surface area is 193 Å². The summed E-state index contributed by atoms with van der Waals surface area (Å²) in [6, 6.07) is 13.0. The molecule has 2 aliphatic rings. The van der Waals surface area contributed by atoms with E-state index in [9.17, 15) is 14.0 Å². The van der Waals surface area contributed by atoms with Gasteiger partial charge in [-0.1, -0.05) is 24.3 Å². The van der Waals surface area contributed by atoms with E-state index in [1.54, 1.807) is 31.2 Å². The highest BCUT2D eigenvalue weighted by molar-refractivity contribution is 5.92. The number of aromatic nitrogens is 1. The first-order valence-electron chi connectivity index (χ1n) is 10.5. The Balaban J connectivity index is 1.68. The Morgan fingerprint density at radius 3 is 2.68 bits per heavy atom. The first-order chi connectivity index (χ1) is 16.4. The zero-order chi connectivity index (χ0) is 24.0. The summed E-state index contributed by atoms with van der Waals surface area (Å²) in [5.74, 6) is -1.33. The number of aryl methyl sites for hydroxylation is 1. The van der Waals surface area contributed by atoms with Crippen molar-refractivity contribution in [1.82, 2.24) is 4.57 Å². The summed E-state index contributed by atoms with van der Waals surface area (Å²) in [5, 5.41) is 0. The molecule has 0 radical (unpaired) electrons. The van der Waals surface area contributed by atoms with Gasteiger partial charge in [0.2, 0.25) is 12.7 Å². The Morgan fingerprint density at radius 1 is 1.15 bits per heavy atom. The molecule has 0 aliphatic carbocycles. The van der Waals surface area contributed by atoms with Gasteiger partial charge in [-0.25, -0.2) is 9.18 Å². The quantitative estimate of drug-likeness (QED) is 0.593. The summed E-state index contributed by atoms with van der Waals surface area (Å²) < 4.78 is 37.8. The van der Waals surface area contributed by atoms with Gasteiger partial charge in [-0.05, 0) is 30.7 Å². The fraction of sp³-hybridized carbons (Fsp3) is 0.200. The summed E-state index contributed by atoms with van der Waals surface area (Å²) in [6.07, 6.45) is 0. The summed E-state index contributed by atoms with van der Waals surface area (Å²) in [4.78, 5) is 26.5. The molecule has 0 amide bonds. The van der Waals surface area contributed by atoms with Crippen molar-refractivity contribution in [3.05, 3.63) is 98.5 Å². The number of nitrogens with two attached hydrogens (primary N) is 1. The minimum atomic E-state index is -1.10. The van der Waals surface area contributed by atoms with Crippen molar-refractivity contribution in [2.45, 2.75) is 19.4 Å². The Hall–Kier alpha value is -4.27. The third-order valence-corrected chi connectivity index (χ3v) is 5.97. The maximum Gasteiger partial charge on any atom is 0.340 e. The van der Waals surface area contributed by atoms with Gasteiger partial charge < -0.3 is 29.2 Å². The van der Waals surface area contributed by atoms with Crippen molar-refractivity contribution in [2.75, 3.05) is 13.9 Å². The summed E-state index contributed by atoms with van der Waals surface area (Å²) in [5.41, 5.74) is 7.12. The van der Waals surface area contributed by atoms with Crippen molar-refractivity contribution in [3.8, 4) is 17.2 Å². The molecule has 0 bridgehead atoms. The molecule has 3 heterocycles. The fourth-order valence-corrected chi connectivity index (χ4v) is 4.33. The van der Waals surface area contributed by atoms with E-state index in [2.05, 4.69) is 0 Å². The van der Waals surface area contributed by atoms with Crippen molar-refractivity contribution in [1.29, 1.82) is 0 Å². The van der Waals surface area contributed by atoms with E-state index in [1.807, 2.05) is 6.07 Å². The molecule has 174 valence electrons. The molecule has 34 heavy (non-hydrogen) atoms. The van der Waals surface area contributed by atoms with Crippen LogP contribution in [0.5, 0.6) is 17.2 Å². The number of ether oxygens (including phenoxy) is 4. The van der Waals surface area contributed by atoms with Gasteiger partial charge in [0.05, 0.1) is 25.1 Å². The minimum absolute atomic E-state index is 0.103. The van der Waals surface area contributed by atoms with Crippen LogP contribution in [0.15, 0.2) is 64.8 Å². The number of halogens is 1. The van der Waals surface area contributed by atoms with Crippen molar-refractivity contribution in [3.63, 3.8) is 0 Å². The van der Waals surface area contributed by atoms with Crippen LogP contribution in [0.3, 0.4) is 0 Å². The lowest BCUT2D eigenvalue weighted by molar-refractivity contribution is -0.136. The van der Waals surface area contributed by atoms with Crippen LogP contribution in [0.25, 0.3) is 0 Å². The maximum absolute atomic E-state index is 14.9. The number of methoxy groups -OCH3 is 1. The van der Waals surface area contributed by atoms with E-state index in [1.165, 1.54) is 29.9 Å². The minimum Gasteiger partial charge on any atom is -0.465 e. The number of benzene rings is 2. The van der Waals surface area contributed by atoms with Gasteiger partial charge in [-0.15, -0.1) is 0 Å². The zero-order valence-corrected chi connectivity index (χ0v) is 18.5. The highest BCUT2D eigenvalue weighted by atomic mass is 19.1. The topological polar surface area (TPSA) is 102 Å². The van der Waals surface area contributed by atoms with Gasteiger partial charge in [0.15, 0.2) is 11.5 Å². The van der Waals surface area contributed by atoms with Crippen LogP contribution in [0.2, 0.25) is 0 Å². The second kappa shape index (κ2) is 8.26. The molecule has 8 nitrogen and oxygen atoms in total. The summed E-state index contributed by atoms with van der Waals surface area (Å²) in [7, 11) is 1.18. The van der Waals surface area contributed by atoms with E-state index in [0.717, 1.165) is 5.56 Å². The average Bonchev–Trinajstić information content (AvgIpc) is 3.29. The molecule has 3 aromatic rings. The monoisotopic (exact) mass is 464 g/mol. The van der Waals surface area contributed by atoms with Crippen LogP contribution >= 0.6 is 0 Å². The third-order valence-electron chi connectivity index (χ3n) is 5.97. The van der Waals surface area contributed by atoms with E-state index < -0.39 is 23.3 Å². The first kappa shape index (κ1) is 21.6. The predicted octanol–water partition coefficient (Wildman–Crippen LogP) is 2.94. The normalized spacial score (nSPS) is 16.1. The average molecular weight is 464 g/mol. The standard InChI is InChI=1S/C25H21FN2O6/c1-13-9-19-21(24(29)28(13)11-14-7-8-17-18(10-14)33-12-32-17)20(15-5-3-4-6-16(15)26)22(23(27)34-19)25(30)31-2/h3-10,20H,11-12,27H2,1-2H3/t20-/m1/s1. The second-order valence-electron chi connectivity index (χ2n) is 7.97. The van der Waals surface area contributed by atoms with Crippen LogP contribution in [-0.2, 0) is 16.1 Å². The molecule has 2 aromatic carbocycles. The van der Waals surface area contributed by atoms with Crippen LogP contribution in [-0.4, -0.2) is 24.4 Å². The molecule has 0 saturated carbocycles. The number of fused-ring (bicyclic) bond motifs is 2. The number of hydrogen-bond acceptors (Lipinski definition) is 7. The fourth-order valence-electron chi connectivity index (χ4n) is 4.33. The van der Waals surface area contributed by atoms with Gasteiger partial charge in [-0.3, -0.25) is 4.79 Å². The number of nitrogens with zero attached hydrogens (tertiary/aromatic N) is 1. The second-order valence-corrected chi connectivity index (χ2v) is 7.97. The Bertz CT molecular complexity index is 1410. The number of carbonyl (C=O) groups excluding carboxylic acids is 1. The molecule has 0 saturated heterocycles. The first-order valence-corrected chi connectivity index (χ1v) is 10.5. The van der Waals surface area contributed by atoms with E-state index in [4.69, 9.17) is 24.7 Å². The number of rotatable bonds is 4. The van der Waals surface area contributed by atoms with Gasteiger partial charge in [-0.2, -0.15) is 0 Å². The van der Waals surface area contributed by atoms with Gasteiger partial charge >= 0.3 is 5.97 Å². The Morgan fingerprint density at radius 2 is 1.91 bits per heavy atom. The van der Waals surface area contributed by atoms with E-state index >= 15 is 0 Å². The molecule has 0 unspecified atom stereocenters. The van der Waals surface area contributed by atoms with E-state index in [0.29, 0.717) is 17.2 Å². The molecular formula is C25H21FN2O6. The highest BCUT2D eigenvalue weighted by Crippen LogP contribution is 2.42. The summed E-state index contributed by atoms with van der Waals surface area (Å²) in [6.45, 7) is 2.11. The van der Waals surface area contributed by atoms with Crippen LogP contribution in [0.1, 0.15) is 28.3 Å². The smallest absolute Gasteiger partial charge is 0.340 e. The maximum atomic E-state index is 14.9. The third kappa shape index (κ3) is 3.45. The van der Waals surface area contributed by atoms with Crippen molar-refractivity contribution >= 4 is 5.97 Å². The molecular weight excluding hydrogens is 443 g/mol. The molecule has 2 aliphatic heterocycles. The number of pyridine rings is 1. The number of esters is 1. The van der Waals surface area contributed by atoms with Gasteiger partial charge in [0.1, 0.15) is 17.1 Å². The lowest BCUT2D eigenvalue weighted by atomic mass is 9.83. The van der Waals surface area contributed by atoms with Crippen LogP contribution < -0.4 is 25.5 Å². The van der Waals surface area contributed by atoms with Gasteiger partial charge in [0.25, 0.3) is 5.56 Å². The molecule has 1 aromatic heterocycles. The largest absolute Gasteiger partial charge is 0.465 e. The molecule has 1 atom stereocenters. The van der Waals surface area contributed by atoms with Crippen molar-refractivity contribution in [2.24, 2.45) is 5.73 Å². The highest BCUT2D eigenvalue weighted by Gasteiger charge is 2.39. The molecule has 5 rings (SSSR count). The Kier molecular flexibility index (Phi) is 5.24. The lowest BCUT2D eigenvalue weighted by Gasteiger charge is -2.29. The van der Waals surface area contributed by atoms with Crippen molar-refractivity contribution < 1.29 is 28.1 Å². The SMILES string of the molecule is COC(=O)C1=C(N)Oc2cc(C)n(Cc3ccc4c(c3)OCO4)c(=O)c2[C@H]1c1ccccc1F. The number of hydrogen-bond donors (Lipinski definition) is 1.